The highest BCUT2D eigenvalue weighted by molar-refractivity contribution is 6.17. The predicted molar refractivity (Wildman–Crippen MR) is 288 cm³/mol. The molecule has 0 bridgehead atoms. The quantitative estimate of drug-likeness (QED) is 0.153. The lowest BCUT2D eigenvalue weighted by Gasteiger charge is -2.12. The summed E-state index contributed by atoms with van der Waals surface area (Å²) in [4.78, 5) is 0. The second-order valence-corrected chi connectivity index (χ2v) is 17.7. The molecule has 0 aliphatic heterocycles. The van der Waals surface area contributed by atoms with E-state index in [1.165, 1.54) is 126 Å². The van der Waals surface area contributed by atoms with Crippen LogP contribution in [0.3, 0.4) is 0 Å². The molecular formula is C65H44N2. The molecule has 2 heteroatoms. The van der Waals surface area contributed by atoms with E-state index in [1.54, 1.807) is 6.08 Å². The van der Waals surface area contributed by atoms with E-state index in [0.29, 0.717) is 0 Å². The highest BCUT2D eigenvalue weighted by atomic mass is 15.0. The van der Waals surface area contributed by atoms with Crippen molar-refractivity contribution in [2.75, 3.05) is 0 Å². The lowest BCUT2D eigenvalue weighted by Crippen LogP contribution is -1.94. The molecule has 0 unspecified atom stereocenters. The molecule has 67 heavy (non-hydrogen) atoms. The van der Waals surface area contributed by atoms with Gasteiger partial charge in [-0.05, 0) is 163 Å². The number of fused-ring (bicyclic) bond motifs is 11. The van der Waals surface area contributed by atoms with Crippen molar-refractivity contribution in [2.45, 2.75) is 6.92 Å². The number of para-hydroxylation sites is 2. The summed E-state index contributed by atoms with van der Waals surface area (Å²) >= 11 is 0. The first-order valence-corrected chi connectivity index (χ1v) is 23.1. The van der Waals surface area contributed by atoms with Crippen molar-refractivity contribution < 1.29 is 0 Å². The molecule has 14 rings (SSSR count). The van der Waals surface area contributed by atoms with Gasteiger partial charge in [0.05, 0.1) is 22.1 Å². The molecule has 0 spiro atoms. The maximum absolute atomic E-state index is 3.46. The Bertz CT molecular complexity index is 4190. The summed E-state index contributed by atoms with van der Waals surface area (Å²) < 4.78 is 4.84. The monoisotopic (exact) mass is 852 g/mol. The Hall–Kier alpha value is -8.72. The minimum atomic E-state index is 1.16. The van der Waals surface area contributed by atoms with Crippen LogP contribution in [0.2, 0.25) is 0 Å². The third-order valence-electron chi connectivity index (χ3n) is 13.9. The second-order valence-electron chi connectivity index (χ2n) is 17.7. The number of hydrogen-bond donors (Lipinski definition) is 0. The van der Waals surface area contributed by atoms with Crippen LogP contribution in [0, 0.1) is 0 Å². The Morgan fingerprint density at radius 2 is 0.791 bits per heavy atom. The molecule has 0 N–H and O–H groups in total. The maximum atomic E-state index is 3.46. The molecule has 11 aromatic carbocycles. The molecule has 0 fully saturated rings. The largest absolute Gasteiger partial charge is 0.309 e. The predicted octanol–water partition coefficient (Wildman–Crippen LogP) is 18.1. The molecule has 314 valence electrons. The van der Waals surface area contributed by atoms with E-state index >= 15 is 0 Å². The average Bonchev–Trinajstić information content (AvgIpc) is 4.02. The molecular weight excluding hydrogens is 809 g/mol. The number of benzene rings is 11. The Kier molecular flexibility index (Phi) is 8.94. The van der Waals surface area contributed by atoms with E-state index in [9.17, 15) is 0 Å². The molecule has 0 radical (unpaired) electrons. The average molecular weight is 853 g/mol. The van der Waals surface area contributed by atoms with Gasteiger partial charge < -0.3 is 9.13 Å². The molecule has 0 saturated heterocycles. The van der Waals surface area contributed by atoms with Gasteiger partial charge in [-0.15, -0.1) is 0 Å². The Labute approximate surface area is 389 Å². The van der Waals surface area contributed by atoms with Crippen LogP contribution < -0.4 is 0 Å². The van der Waals surface area contributed by atoms with Gasteiger partial charge in [0.2, 0.25) is 0 Å². The third kappa shape index (κ3) is 6.18. The van der Waals surface area contributed by atoms with Gasteiger partial charge >= 0.3 is 0 Å². The molecule has 1 aliphatic carbocycles. The molecule has 0 saturated carbocycles. The number of aromatic nitrogens is 2. The van der Waals surface area contributed by atoms with Gasteiger partial charge in [-0.25, -0.2) is 0 Å². The summed E-state index contributed by atoms with van der Waals surface area (Å²) in [5, 5.41) is 12.6. The first-order chi connectivity index (χ1) is 33.1. The normalized spacial score (nSPS) is 12.0. The summed E-state index contributed by atoms with van der Waals surface area (Å²) in [5.74, 6) is 0. The van der Waals surface area contributed by atoms with Crippen LogP contribution >= 0.6 is 0 Å². The third-order valence-corrected chi connectivity index (χ3v) is 13.9. The van der Waals surface area contributed by atoms with E-state index in [4.69, 9.17) is 0 Å². The first kappa shape index (κ1) is 38.7. The minimum absolute atomic E-state index is 1.16. The van der Waals surface area contributed by atoms with E-state index in [1.807, 2.05) is 19.1 Å². The fourth-order valence-corrected chi connectivity index (χ4v) is 10.8. The van der Waals surface area contributed by atoms with Crippen LogP contribution in [-0.2, 0) is 0 Å². The molecule has 0 amide bonds. The summed E-state index contributed by atoms with van der Waals surface area (Å²) in [6.07, 6.45) is 5.58. The molecule has 2 aromatic heterocycles. The summed E-state index contributed by atoms with van der Waals surface area (Å²) in [6.45, 7) is 5.42. The topological polar surface area (TPSA) is 9.86 Å². The second kappa shape index (κ2) is 15.5. The Morgan fingerprint density at radius 3 is 1.43 bits per heavy atom. The van der Waals surface area contributed by atoms with Gasteiger partial charge in [-0.1, -0.05) is 164 Å². The molecule has 2 nitrogen and oxygen atoms in total. The van der Waals surface area contributed by atoms with Crippen molar-refractivity contribution in [3.63, 3.8) is 0 Å². The van der Waals surface area contributed by atoms with Gasteiger partial charge in [0, 0.05) is 32.9 Å². The first-order valence-electron chi connectivity index (χ1n) is 23.1. The van der Waals surface area contributed by atoms with Crippen LogP contribution in [0.4, 0.5) is 0 Å². The van der Waals surface area contributed by atoms with Crippen molar-refractivity contribution in [3.8, 4) is 55.9 Å². The van der Waals surface area contributed by atoms with Gasteiger partial charge in [0.1, 0.15) is 0 Å². The highest BCUT2D eigenvalue weighted by Gasteiger charge is 2.22. The summed E-state index contributed by atoms with van der Waals surface area (Å²) in [5.41, 5.74) is 17.4. The SMILES string of the molecule is C=C/C=C\C.c1ccc2c(c1)-c1cccc3cc(-c4ccc5cc(-n6c7ccccc7c7cc(-c8ccc9c(c8)c8ccccc8n9-c8ccc9ccccc9c8)ccc76)ccc5c4)cc-2c13. The van der Waals surface area contributed by atoms with Crippen molar-refractivity contribution in [1.29, 1.82) is 0 Å². The van der Waals surface area contributed by atoms with Crippen LogP contribution in [0.15, 0.2) is 243 Å². The van der Waals surface area contributed by atoms with Crippen LogP contribution in [0.5, 0.6) is 0 Å². The number of nitrogens with zero attached hydrogens (tertiary/aromatic N) is 2. The number of hydrogen-bond acceptors (Lipinski definition) is 0. The number of allylic oxidation sites excluding steroid dienone is 3. The van der Waals surface area contributed by atoms with Gasteiger partial charge in [-0.2, -0.15) is 0 Å². The van der Waals surface area contributed by atoms with E-state index in [2.05, 4.69) is 234 Å². The summed E-state index contributed by atoms with van der Waals surface area (Å²) in [6, 6.07) is 81.1. The Morgan fingerprint density at radius 1 is 0.328 bits per heavy atom. The molecule has 1 aliphatic rings. The smallest absolute Gasteiger partial charge is 0.0541 e. The zero-order valence-corrected chi connectivity index (χ0v) is 37.1. The fourth-order valence-electron chi connectivity index (χ4n) is 10.8. The van der Waals surface area contributed by atoms with Crippen molar-refractivity contribution in [1.82, 2.24) is 9.13 Å². The minimum Gasteiger partial charge on any atom is -0.309 e. The molecule has 13 aromatic rings. The highest BCUT2D eigenvalue weighted by Crippen LogP contribution is 2.49. The van der Waals surface area contributed by atoms with Gasteiger partial charge in [-0.3, -0.25) is 0 Å². The van der Waals surface area contributed by atoms with E-state index in [-0.39, 0.29) is 0 Å². The van der Waals surface area contributed by atoms with Crippen molar-refractivity contribution in [2.24, 2.45) is 0 Å². The zero-order valence-electron chi connectivity index (χ0n) is 37.1. The Balaban J connectivity index is 0.000000850. The van der Waals surface area contributed by atoms with Crippen LogP contribution in [-0.4, -0.2) is 9.13 Å². The van der Waals surface area contributed by atoms with Gasteiger partial charge in [0.15, 0.2) is 0 Å². The number of rotatable bonds is 5. The summed E-state index contributed by atoms with van der Waals surface area (Å²) in [7, 11) is 0. The lowest BCUT2D eigenvalue weighted by molar-refractivity contribution is 1.18. The van der Waals surface area contributed by atoms with Gasteiger partial charge in [0.25, 0.3) is 0 Å². The molecule has 2 heterocycles. The molecule has 0 atom stereocenters. The fraction of sp³-hybridized carbons (Fsp3) is 0.0154. The van der Waals surface area contributed by atoms with E-state index in [0.717, 1.165) is 5.69 Å². The van der Waals surface area contributed by atoms with E-state index < -0.39 is 0 Å². The van der Waals surface area contributed by atoms with Crippen molar-refractivity contribution in [3.05, 3.63) is 243 Å². The zero-order chi connectivity index (χ0) is 44.6. The van der Waals surface area contributed by atoms with Crippen molar-refractivity contribution >= 4 is 75.9 Å². The standard InChI is InChI=1S/C60H36N2.C5H8/c1-2-11-38-32-46(26-22-37(38)10-1)61-56-18-7-5-15-50(56)53-34-42(24-28-58(53)61)43-25-29-59-54(35-43)51-16-6-8-19-57(51)62(59)47-27-23-39-30-40(20-21-41(39)33-47)45-31-44-12-9-17-52-48-13-3-4-14-49(48)55(36-45)60(44)52;1-3-5-4-2/h1-36H;3-5H,1H2,2H3/b;5-4-. The lowest BCUT2D eigenvalue weighted by atomic mass is 9.95. The van der Waals surface area contributed by atoms with Crippen LogP contribution in [0.1, 0.15) is 6.92 Å². The van der Waals surface area contributed by atoms with Crippen LogP contribution in [0.25, 0.3) is 132 Å². The maximum Gasteiger partial charge on any atom is 0.0541 e.